The lowest BCUT2D eigenvalue weighted by atomic mass is 10.1. The van der Waals surface area contributed by atoms with E-state index in [1.165, 1.54) is 0 Å². The first-order chi connectivity index (χ1) is 10.7. The zero-order chi connectivity index (χ0) is 15.8. The summed E-state index contributed by atoms with van der Waals surface area (Å²) in [6.07, 6.45) is 1.03. The first kappa shape index (κ1) is 16.6. The standard InChI is InChI=1S/C18H19BrO3/c1-2-21-18(20)11-9-14-8-10-16(19)17(12-14)22-13-15-6-4-3-5-7-15/h3-8,10,12H,2,9,11,13H2,1H3. The third-order valence-electron chi connectivity index (χ3n) is 3.16. The molecule has 0 radical (unpaired) electrons. The van der Waals surface area contributed by atoms with Gasteiger partial charge in [-0.05, 0) is 52.5 Å². The van der Waals surface area contributed by atoms with E-state index < -0.39 is 0 Å². The molecule has 2 rings (SSSR count). The average Bonchev–Trinajstić information content (AvgIpc) is 2.54. The summed E-state index contributed by atoms with van der Waals surface area (Å²) >= 11 is 3.49. The van der Waals surface area contributed by atoms with Crippen molar-refractivity contribution in [1.29, 1.82) is 0 Å². The Morgan fingerprint density at radius 3 is 2.59 bits per heavy atom. The van der Waals surface area contributed by atoms with Gasteiger partial charge < -0.3 is 9.47 Å². The van der Waals surface area contributed by atoms with Gasteiger partial charge in [0.15, 0.2) is 0 Å². The normalized spacial score (nSPS) is 10.3. The largest absolute Gasteiger partial charge is 0.488 e. The van der Waals surface area contributed by atoms with Crippen LogP contribution in [-0.2, 0) is 22.6 Å². The SMILES string of the molecule is CCOC(=O)CCc1ccc(Br)c(OCc2ccccc2)c1. The van der Waals surface area contributed by atoms with Crippen molar-refractivity contribution in [3.63, 3.8) is 0 Å². The number of halogens is 1. The molecule has 0 aromatic heterocycles. The van der Waals surface area contributed by atoms with E-state index in [0.717, 1.165) is 21.3 Å². The van der Waals surface area contributed by atoms with Crippen molar-refractivity contribution in [2.75, 3.05) is 6.61 Å². The van der Waals surface area contributed by atoms with Crippen molar-refractivity contribution in [1.82, 2.24) is 0 Å². The maximum atomic E-state index is 11.4. The van der Waals surface area contributed by atoms with Gasteiger partial charge in [-0.1, -0.05) is 36.4 Å². The van der Waals surface area contributed by atoms with Crippen molar-refractivity contribution in [3.05, 3.63) is 64.1 Å². The minimum absolute atomic E-state index is 0.169. The van der Waals surface area contributed by atoms with Gasteiger partial charge in [-0.2, -0.15) is 0 Å². The predicted octanol–water partition coefficient (Wildman–Crippen LogP) is 4.52. The summed E-state index contributed by atoms with van der Waals surface area (Å²) in [5, 5.41) is 0. The van der Waals surface area contributed by atoms with E-state index >= 15 is 0 Å². The van der Waals surface area contributed by atoms with Gasteiger partial charge in [-0.3, -0.25) is 4.79 Å². The molecule has 0 aliphatic heterocycles. The van der Waals surface area contributed by atoms with Crippen molar-refractivity contribution in [2.24, 2.45) is 0 Å². The molecule has 0 atom stereocenters. The van der Waals surface area contributed by atoms with Gasteiger partial charge >= 0.3 is 5.97 Å². The van der Waals surface area contributed by atoms with Crippen molar-refractivity contribution >= 4 is 21.9 Å². The third-order valence-corrected chi connectivity index (χ3v) is 3.81. The Kier molecular flexibility index (Phi) is 6.46. The summed E-state index contributed by atoms with van der Waals surface area (Å²) in [5.74, 6) is 0.613. The van der Waals surface area contributed by atoms with E-state index in [9.17, 15) is 4.79 Å². The lowest BCUT2D eigenvalue weighted by Gasteiger charge is -2.10. The van der Waals surface area contributed by atoms with Crippen molar-refractivity contribution < 1.29 is 14.3 Å². The molecule has 22 heavy (non-hydrogen) atoms. The molecular weight excluding hydrogens is 344 g/mol. The molecule has 0 bridgehead atoms. The number of hydrogen-bond acceptors (Lipinski definition) is 3. The number of aryl methyl sites for hydroxylation is 1. The van der Waals surface area contributed by atoms with Crippen LogP contribution < -0.4 is 4.74 Å². The van der Waals surface area contributed by atoms with E-state index in [2.05, 4.69) is 15.9 Å². The fourth-order valence-electron chi connectivity index (χ4n) is 2.03. The Labute approximate surface area is 139 Å². The zero-order valence-electron chi connectivity index (χ0n) is 12.5. The minimum Gasteiger partial charge on any atom is -0.488 e. The molecular formula is C18H19BrO3. The summed E-state index contributed by atoms with van der Waals surface area (Å²) < 4.78 is 11.7. The molecule has 2 aromatic rings. The van der Waals surface area contributed by atoms with E-state index in [1.54, 1.807) is 0 Å². The maximum Gasteiger partial charge on any atom is 0.306 e. The highest BCUT2D eigenvalue weighted by atomic mass is 79.9. The summed E-state index contributed by atoms with van der Waals surface area (Å²) in [6.45, 7) is 2.75. The molecule has 116 valence electrons. The number of ether oxygens (including phenoxy) is 2. The molecule has 2 aromatic carbocycles. The average molecular weight is 363 g/mol. The van der Waals surface area contributed by atoms with Gasteiger partial charge in [-0.15, -0.1) is 0 Å². The molecule has 3 nitrogen and oxygen atoms in total. The quantitative estimate of drug-likeness (QED) is 0.679. The van der Waals surface area contributed by atoms with E-state index in [4.69, 9.17) is 9.47 Å². The molecule has 0 heterocycles. The summed E-state index contributed by atoms with van der Waals surface area (Å²) in [4.78, 5) is 11.4. The lowest BCUT2D eigenvalue weighted by Crippen LogP contribution is -2.05. The lowest BCUT2D eigenvalue weighted by molar-refractivity contribution is -0.143. The number of carbonyl (C=O) groups is 1. The summed E-state index contributed by atoms with van der Waals surface area (Å²) in [5.41, 5.74) is 2.17. The van der Waals surface area contributed by atoms with Crippen LogP contribution >= 0.6 is 15.9 Å². The Balaban J connectivity index is 1.96. The van der Waals surface area contributed by atoms with Crippen LogP contribution in [-0.4, -0.2) is 12.6 Å². The van der Waals surface area contributed by atoms with E-state index in [0.29, 0.717) is 26.1 Å². The van der Waals surface area contributed by atoms with Crippen molar-refractivity contribution in [3.8, 4) is 5.75 Å². The molecule has 0 spiro atoms. The van der Waals surface area contributed by atoms with Crippen LogP contribution in [0.25, 0.3) is 0 Å². The fraction of sp³-hybridized carbons (Fsp3) is 0.278. The highest BCUT2D eigenvalue weighted by Crippen LogP contribution is 2.27. The molecule has 0 N–H and O–H groups in total. The second-order valence-corrected chi connectivity index (χ2v) is 5.70. The Morgan fingerprint density at radius 1 is 1.09 bits per heavy atom. The van der Waals surface area contributed by atoms with Crippen LogP contribution in [0, 0.1) is 0 Å². The molecule has 0 amide bonds. The summed E-state index contributed by atoms with van der Waals surface area (Å²) in [6, 6.07) is 15.9. The molecule has 4 heteroatoms. The predicted molar refractivity (Wildman–Crippen MR) is 89.9 cm³/mol. The molecule has 0 saturated carbocycles. The number of carbonyl (C=O) groups excluding carboxylic acids is 1. The van der Waals surface area contributed by atoms with Gasteiger partial charge in [0.1, 0.15) is 12.4 Å². The van der Waals surface area contributed by atoms with Gasteiger partial charge in [-0.25, -0.2) is 0 Å². The number of benzene rings is 2. The first-order valence-corrected chi connectivity index (χ1v) is 8.09. The molecule has 0 saturated heterocycles. The Bertz CT molecular complexity index is 611. The van der Waals surface area contributed by atoms with Crippen LogP contribution in [0.4, 0.5) is 0 Å². The van der Waals surface area contributed by atoms with Crippen molar-refractivity contribution in [2.45, 2.75) is 26.4 Å². The first-order valence-electron chi connectivity index (χ1n) is 7.30. The topological polar surface area (TPSA) is 35.5 Å². The van der Waals surface area contributed by atoms with E-state index in [1.807, 2.05) is 55.5 Å². The second kappa shape index (κ2) is 8.59. The fourth-order valence-corrected chi connectivity index (χ4v) is 2.39. The Hall–Kier alpha value is -1.81. The summed E-state index contributed by atoms with van der Waals surface area (Å²) in [7, 11) is 0. The number of rotatable bonds is 7. The maximum absolute atomic E-state index is 11.4. The minimum atomic E-state index is -0.169. The van der Waals surface area contributed by atoms with Crippen LogP contribution in [0.15, 0.2) is 53.0 Å². The smallest absolute Gasteiger partial charge is 0.306 e. The monoisotopic (exact) mass is 362 g/mol. The number of hydrogen-bond donors (Lipinski definition) is 0. The van der Waals surface area contributed by atoms with Crippen LogP contribution in [0.1, 0.15) is 24.5 Å². The van der Waals surface area contributed by atoms with Crippen LogP contribution in [0.3, 0.4) is 0 Å². The highest BCUT2D eigenvalue weighted by molar-refractivity contribution is 9.10. The van der Waals surface area contributed by atoms with Crippen LogP contribution in [0.2, 0.25) is 0 Å². The van der Waals surface area contributed by atoms with Gasteiger partial charge in [0.25, 0.3) is 0 Å². The van der Waals surface area contributed by atoms with Gasteiger partial charge in [0.05, 0.1) is 11.1 Å². The number of esters is 1. The Morgan fingerprint density at radius 2 is 1.86 bits per heavy atom. The van der Waals surface area contributed by atoms with Gasteiger partial charge in [0, 0.05) is 6.42 Å². The van der Waals surface area contributed by atoms with E-state index in [-0.39, 0.29) is 5.97 Å². The van der Waals surface area contributed by atoms with Crippen LogP contribution in [0.5, 0.6) is 5.75 Å². The second-order valence-electron chi connectivity index (χ2n) is 4.84. The molecule has 0 aliphatic rings. The van der Waals surface area contributed by atoms with Gasteiger partial charge in [0.2, 0.25) is 0 Å². The molecule has 0 fully saturated rings. The third kappa shape index (κ3) is 5.19. The highest BCUT2D eigenvalue weighted by Gasteiger charge is 2.07. The molecule has 0 unspecified atom stereocenters. The zero-order valence-corrected chi connectivity index (χ0v) is 14.1. The molecule has 0 aliphatic carbocycles.